The van der Waals surface area contributed by atoms with Gasteiger partial charge in [-0.25, -0.2) is 13.2 Å². The molecule has 204 valence electrons. The second-order valence-corrected chi connectivity index (χ2v) is 11.8. The fourth-order valence-electron chi connectivity index (χ4n) is 3.99. The minimum absolute atomic E-state index is 0.0311. The van der Waals surface area contributed by atoms with Crippen LogP contribution in [0.1, 0.15) is 24.0 Å². The molecule has 2 heterocycles. The van der Waals surface area contributed by atoms with Gasteiger partial charge in [-0.05, 0) is 67.1 Å². The highest BCUT2D eigenvalue weighted by atomic mass is 35.5. The smallest absolute Gasteiger partial charge is 0.340 e. The molecule has 0 saturated carbocycles. The molecule has 2 aromatic carbocycles. The summed E-state index contributed by atoms with van der Waals surface area (Å²) in [5.74, 6) is -0.475. The lowest BCUT2D eigenvalue weighted by Gasteiger charge is -2.22. The lowest BCUT2D eigenvalue weighted by molar-refractivity contribution is -0.136. The number of benzene rings is 2. The van der Waals surface area contributed by atoms with Crippen LogP contribution in [0.5, 0.6) is 0 Å². The van der Waals surface area contributed by atoms with Crippen molar-refractivity contribution in [1.29, 1.82) is 0 Å². The fraction of sp³-hybridized carbons (Fsp3) is 0.185. The normalized spacial score (nSPS) is 15.1. The van der Waals surface area contributed by atoms with E-state index < -0.39 is 21.9 Å². The van der Waals surface area contributed by atoms with Gasteiger partial charge >= 0.3 is 5.97 Å². The van der Waals surface area contributed by atoms with Crippen molar-refractivity contribution in [2.75, 3.05) is 14.2 Å². The molecule has 1 aromatic heterocycles. The highest BCUT2D eigenvalue weighted by Crippen LogP contribution is 2.31. The Bertz CT molecular complexity index is 1610. The van der Waals surface area contributed by atoms with Crippen LogP contribution in [0.15, 0.2) is 80.8 Å². The molecule has 0 radical (unpaired) electrons. The largest absolute Gasteiger partial charge is 0.465 e. The van der Waals surface area contributed by atoms with E-state index in [9.17, 15) is 18.0 Å². The maximum absolute atomic E-state index is 13.6. The first-order valence-corrected chi connectivity index (χ1v) is 14.1. The predicted molar refractivity (Wildman–Crippen MR) is 149 cm³/mol. The van der Waals surface area contributed by atoms with E-state index >= 15 is 0 Å². The summed E-state index contributed by atoms with van der Waals surface area (Å²) in [6.07, 6.45) is 1.43. The summed E-state index contributed by atoms with van der Waals surface area (Å²) in [4.78, 5) is 26.5. The Labute approximate surface area is 241 Å². The molecule has 0 N–H and O–H groups in total. The van der Waals surface area contributed by atoms with Crippen LogP contribution in [0.2, 0.25) is 15.1 Å². The Morgan fingerprint density at radius 1 is 1.03 bits per heavy atom. The van der Waals surface area contributed by atoms with Gasteiger partial charge in [0.25, 0.3) is 5.91 Å². The molecule has 39 heavy (non-hydrogen) atoms. The van der Waals surface area contributed by atoms with Crippen molar-refractivity contribution in [3.05, 3.63) is 104 Å². The first kappa shape index (κ1) is 28.9. The molecule has 1 aliphatic rings. The molecule has 8 nitrogen and oxygen atoms in total. The lowest BCUT2D eigenvalue weighted by Crippen LogP contribution is -2.30. The summed E-state index contributed by atoms with van der Waals surface area (Å²) in [5, 5.41) is 1.04. The molecule has 3 aromatic rings. The third-order valence-electron chi connectivity index (χ3n) is 6.15. The number of allylic oxidation sites excluding steroid dienone is 1. The number of amides is 1. The number of carbonyl (C=O) groups excluding carboxylic acids is 2. The molecule has 0 fully saturated rings. The first-order chi connectivity index (χ1) is 18.4. The summed E-state index contributed by atoms with van der Waals surface area (Å²) >= 11 is 18.1. The molecule has 0 saturated heterocycles. The number of furan rings is 1. The summed E-state index contributed by atoms with van der Waals surface area (Å²) in [6.45, 7) is 1.47. The third kappa shape index (κ3) is 6.08. The number of hydrogen-bond donors (Lipinski definition) is 0. The van der Waals surface area contributed by atoms with Gasteiger partial charge in [-0.15, -0.1) is 0 Å². The van der Waals surface area contributed by atoms with Crippen LogP contribution in [0.3, 0.4) is 0 Å². The monoisotopic (exact) mass is 608 g/mol. The van der Waals surface area contributed by atoms with Crippen LogP contribution in [-0.4, -0.2) is 43.7 Å². The number of carbonyl (C=O) groups is 2. The van der Waals surface area contributed by atoms with Gasteiger partial charge in [0.05, 0.1) is 39.7 Å². The summed E-state index contributed by atoms with van der Waals surface area (Å²) in [6, 6.07) is 13.9. The van der Waals surface area contributed by atoms with Gasteiger partial charge < -0.3 is 14.1 Å². The SMILES string of the molecule is COC(=O)C1=C(C)N(C)C(=O)/C1=C/c1ccc(CN(Cc2ccc(Cl)c(Cl)c2)S(=O)(=O)c2ccc(Cl)cc2)o1. The Hall–Kier alpha value is -3.08. The van der Waals surface area contributed by atoms with Crippen LogP contribution in [0, 0.1) is 0 Å². The molecule has 4 rings (SSSR count). The summed E-state index contributed by atoms with van der Waals surface area (Å²) in [5.41, 5.74) is 1.31. The van der Waals surface area contributed by atoms with Gasteiger partial charge in [0.15, 0.2) is 0 Å². The number of ether oxygens (including phenoxy) is 1. The number of rotatable bonds is 8. The average Bonchev–Trinajstić information content (AvgIpc) is 3.43. The molecule has 0 atom stereocenters. The maximum atomic E-state index is 13.6. The van der Waals surface area contributed by atoms with E-state index in [1.54, 1.807) is 44.3 Å². The van der Waals surface area contributed by atoms with Crippen molar-refractivity contribution in [3.8, 4) is 0 Å². The second-order valence-electron chi connectivity index (χ2n) is 8.65. The zero-order valence-electron chi connectivity index (χ0n) is 21.1. The molecule has 0 aliphatic carbocycles. The van der Waals surface area contributed by atoms with Crippen LogP contribution >= 0.6 is 34.8 Å². The molecule has 0 unspecified atom stereocenters. The van der Waals surface area contributed by atoms with Gasteiger partial charge in [-0.2, -0.15) is 4.31 Å². The minimum atomic E-state index is -4.00. The van der Waals surface area contributed by atoms with Crippen molar-refractivity contribution in [1.82, 2.24) is 9.21 Å². The molecular formula is C27H23Cl3N2O6S. The number of nitrogens with zero attached hydrogens (tertiary/aromatic N) is 2. The van der Waals surface area contributed by atoms with Gasteiger partial charge in [0.2, 0.25) is 10.0 Å². The van der Waals surface area contributed by atoms with Crippen molar-refractivity contribution in [3.63, 3.8) is 0 Å². The first-order valence-electron chi connectivity index (χ1n) is 11.5. The maximum Gasteiger partial charge on any atom is 0.340 e. The van der Waals surface area contributed by atoms with E-state index in [-0.39, 0.29) is 34.9 Å². The summed E-state index contributed by atoms with van der Waals surface area (Å²) < 4.78 is 39.2. The van der Waals surface area contributed by atoms with Gasteiger partial charge in [-0.3, -0.25) is 4.79 Å². The van der Waals surface area contributed by atoms with E-state index in [0.717, 1.165) is 0 Å². The number of halogens is 3. The molecule has 1 amide bonds. The quantitative estimate of drug-likeness (QED) is 0.232. The minimum Gasteiger partial charge on any atom is -0.465 e. The Morgan fingerprint density at radius 3 is 2.36 bits per heavy atom. The van der Waals surface area contributed by atoms with Gasteiger partial charge in [-0.1, -0.05) is 40.9 Å². The Morgan fingerprint density at radius 2 is 1.72 bits per heavy atom. The lowest BCUT2D eigenvalue weighted by atomic mass is 10.1. The number of esters is 1. The second kappa shape index (κ2) is 11.6. The molecule has 0 spiro atoms. The number of sulfonamides is 1. The number of methoxy groups -OCH3 is 1. The molecule has 1 aliphatic heterocycles. The van der Waals surface area contributed by atoms with Crippen molar-refractivity contribution in [2.24, 2.45) is 0 Å². The van der Waals surface area contributed by atoms with Crippen molar-refractivity contribution in [2.45, 2.75) is 24.9 Å². The van der Waals surface area contributed by atoms with Crippen LogP contribution in [0.4, 0.5) is 0 Å². The van der Waals surface area contributed by atoms with Crippen LogP contribution in [-0.2, 0) is 37.4 Å². The van der Waals surface area contributed by atoms with E-state index in [2.05, 4.69) is 0 Å². The predicted octanol–water partition coefficient (Wildman–Crippen LogP) is 5.93. The average molecular weight is 610 g/mol. The molecule has 0 bridgehead atoms. The zero-order valence-corrected chi connectivity index (χ0v) is 24.2. The topological polar surface area (TPSA) is 97.1 Å². The number of hydrogen-bond acceptors (Lipinski definition) is 6. The van der Waals surface area contributed by atoms with Crippen LogP contribution in [0.25, 0.3) is 6.08 Å². The van der Waals surface area contributed by atoms with E-state index in [4.69, 9.17) is 44.0 Å². The van der Waals surface area contributed by atoms with Gasteiger partial charge in [0.1, 0.15) is 11.5 Å². The summed E-state index contributed by atoms with van der Waals surface area (Å²) in [7, 11) is -1.22. The number of likely N-dealkylation sites (N-methyl/N-ethyl adjacent to an activating group) is 1. The van der Waals surface area contributed by atoms with Crippen molar-refractivity contribution >= 4 is 62.8 Å². The van der Waals surface area contributed by atoms with E-state index in [1.807, 2.05) is 0 Å². The molecule has 12 heteroatoms. The standard InChI is InChI=1S/C27H23Cl3N2O6S/c1-16-25(27(34)37-3)22(26(33)31(16)2)13-19-7-8-20(38-19)15-32(14-17-4-11-23(29)24(30)12-17)39(35,36)21-9-5-18(28)6-10-21/h4-13H,14-15H2,1-3H3/b22-13+. The van der Waals surface area contributed by atoms with Gasteiger partial charge in [0, 0.05) is 24.3 Å². The zero-order chi connectivity index (χ0) is 28.5. The van der Waals surface area contributed by atoms with E-state index in [0.29, 0.717) is 32.1 Å². The third-order valence-corrected chi connectivity index (χ3v) is 8.95. The van der Waals surface area contributed by atoms with Crippen LogP contribution < -0.4 is 0 Å². The molecular weight excluding hydrogens is 587 g/mol. The Kier molecular flexibility index (Phi) is 8.58. The fourth-order valence-corrected chi connectivity index (χ4v) is 5.83. The van der Waals surface area contributed by atoms with E-state index in [1.165, 1.54) is 46.7 Å². The highest BCUT2D eigenvalue weighted by molar-refractivity contribution is 7.89. The highest BCUT2D eigenvalue weighted by Gasteiger charge is 2.35. The Balaban J connectivity index is 1.68. The van der Waals surface area contributed by atoms with Crippen molar-refractivity contribution < 1.29 is 27.2 Å².